The molecule has 1 aromatic carbocycles. The standard InChI is InChI=1S/C18H25NO5/c1-18(2,3)24-17(21)15-6-5-11-19(15)12-23-14-9-7-13(8-10-14)16(20)22-4/h7-10,15H,5-6,11-12H2,1-4H3/t15-/m0/s1. The fourth-order valence-corrected chi connectivity index (χ4v) is 2.58. The molecule has 1 aromatic rings. The zero-order valence-corrected chi connectivity index (χ0v) is 14.7. The van der Waals surface area contributed by atoms with Gasteiger partial charge in [0.1, 0.15) is 24.1 Å². The van der Waals surface area contributed by atoms with Gasteiger partial charge in [0.05, 0.1) is 12.7 Å². The first-order chi connectivity index (χ1) is 11.3. The Morgan fingerprint density at radius 2 is 1.88 bits per heavy atom. The summed E-state index contributed by atoms with van der Waals surface area (Å²) in [6.07, 6.45) is 1.72. The van der Waals surface area contributed by atoms with Gasteiger partial charge in [-0.2, -0.15) is 0 Å². The predicted molar refractivity (Wildman–Crippen MR) is 88.8 cm³/mol. The van der Waals surface area contributed by atoms with Crippen LogP contribution in [0, 0.1) is 0 Å². The summed E-state index contributed by atoms with van der Waals surface area (Å²) in [5, 5.41) is 0. The number of ether oxygens (including phenoxy) is 3. The number of carbonyl (C=O) groups is 2. The molecule has 1 saturated heterocycles. The van der Waals surface area contributed by atoms with E-state index < -0.39 is 5.60 Å². The van der Waals surface area contributed by atoms with E-state index in [-0.39, 0.29) is 18.0 Å². The van der Waals surface area contributed by atoms with E-state index in [4.69, 9.17) is 9.47 Å². The van der Waals surface area contributed by atoms with Crippen molar-refractivity contribution in [3.8, 4) is 5.75 Å². The van der Waals surface area contributed by atoms with Gasteiger partial charge >= 0.3 is 11.9 Å². The third kappa shape index (κ3) is 4.96. The second-order valence-corrected chi connectivity index (χ2v) is 6.79. The van der Waals surface area contributed by atoms with E-state index in [1.165, 1.54) is 7.11 Å². The van der Waals surface area contributed by atoms with E-state index in [0.29, 0.717) is 18.0 Å². The summed E-state index contributed by atoms with van der Waals surface area (Å²) >= 11 is 0. The number of esters is 2. The van der Waals surface area contributed by atoms with Crippen molar-refractivity contribution in [2.24, 2.45) is 0 Å². The highest BCUT2D eigenvalue weighted by Gasteiger charge is 2.34. The molecule has 1 heterocycles. The van der Waals surface area contributed by atoms with Crippen molar-refractivity contribution in [3.05, 3.63) is 29.8 Å². The quantitative estimate of drug-likeness (QED) is 0.771. The van der Waals surface area contributed by atoms with Crippen LogP contribution in [0.25, 0.3) is 0 Å². The molecule has 0 aliphatic carbocycles. The first-order valence-corrected chi connectivity index (χ1v) is 8.08. The largest absolute Gasteiger partial charge is 0.478 e. The minimum Gasteiger partial charge on any atom is -0.478 e. The summed E-state index contributed by atoms with van der Waals surface area (Å²) in [4.78, 5) is 25.6. The number of carbonyl (C=O) groups excluding carboxylic acids is 2. The van der Waals surface area contributed by atoms with Crippen molar-refractivity contribution in [2.45, 2.75) is 45.3 Å². The first-order valence-electron chi connectivity index (χ1n) is 8.08. The molecule has 0 saturated carbocycles. The minimum absolute atomic E-state index is 0.204. The van der Waals surface area contributed by atoms with E-state index >= 15 is 0 Å². The normalized spacial score (nSPS) is 18.2. The predicted octanol–water partition coefficient (Wildman–Crippen LogP) is 2.62. The number of methoxy groups -OCH3 is 1. The number of benzene rings is 1. The Labute approximate surface area is 142 Å². The van der Waals surface area contributed by atoms with Crippen molar-refractivity contribution in [1.82, 2.24) is 4.90 Å². The third-order valence-corrected chi connectivity index (χ3v) is 3.71. The molecule has 1 aliphatic heterocycles. The molecule has 6 nitrogen and oxygen atoms in total. The van der Waals surface area contributed by atoms with Crippen LogP contribution in [0.4, 0.5) is 0 Å². The Morgan fingerprint density at radius 3 is 2.46 bits per heavy atom. The van der Waals surface area contributed by atoms with Crippen LogP contribution in [0.1, 0.15) is 44.0 Å². The number of rotatable bonds is 5. The van der Waals surface area contributed by atoms with Gasteiger partial charge in [0.25, 0.3) is 0 Å². The van der Waals surface area contributed by atoms with Crippen molar-refractivity contribution < 1.29 is 23.8 Å². The highest BCUT2D eigenvalue weighted by molar-refractivity contribution is 5.89. The summed E-state index contributed by atoms with van der Waals surface area (Å²) in [5.74, 6) is 0.0493. The summed E-state index contributed by atoms with van der Waals surface area (Å²) in [7, 11) is 1.34. The first kappa shape index (κ1) is 18.3. The summed E-state index contributed by atoms with van der Waals surface area (Å²) in [6, 6.07) is 6.46. The Hall–Kier alpha value is -2.08. The zero-order chi connectivity index (χ0) is 17.7. The molecule has 24 heavy (non-hydrogen) atoms. The summed E-state index contributed by atoms with van der Waals surface area (Å²) in [6.45, 7) is 6.70. The van der Waals surface area contributed by atoms with Gasteiger partial charge in [-0.1, -0.05) is 0 Å². The summed E-state index contributed by atoms with van der Waals surface area (Å²) in [5.41, 5.74) is -0.0201. The van der Waals surface area contributed by atoms with Gasteiger partial charge < -0.3 is 14.2 Å². The molecule has 0 aromatic heterocycles. The molecule has 0 spiro atoms. The van der Waals surface area contributed by atoms with E-state index in [9.17, 15) is 9.59 Å². The van der Waals surface area contributed by atoms with Gasteiger partial charge in [-0.25, -0.2) is 4.79 Å². The van der Waals surface area contributed by atoms with E-state index in [1.807, 2.05) is 25.7 Å². The number of likely N-dealkylation sites (tertiary alicyclic amines) is 1. The molecule has 1 atom stereocenters. The van der Waals surface area contributed by atoms with E-state index in [1.54, 1.807) is 24.3 Å². The fraction of sp³-hybridized carbons (Fsp3) is 0.556. The molecule has 0 unspecified atom stereocenters. The van der Waals surface area contributed by atoms with Crippen LogP contribution in [-0.4, -0.2) is 48.9 Å². The highest BCUT2D eigenvalue weighted by atomic mass is 16.6. The fourth-order valence-electron chi connectivity index (χ4n) is 2.58. The second kappa shape index (κ2) is 7.66. The minimum atomic E-state index is -0.490. The molecule has 0 amide bonds. The number of hydrogen-bond acceptors (Lipinski definition) is 6. The van der Waals surface area contributed by atoms with Crippen LogP contribution < -0.4 is 4.74 Å². The van der Waals surface area contributed by atoms with Crippen LogP contribution in [0.2, 0.25) is 0 Å². The van der Waals surface area contributed by atoms with Gasteiger partial charge in [0.2, 0.25) is 0 Å². The molecule has 0 bridgehead atoms. The molecule has 1 fully saturated rings. The number of nitrogens with zero attached hydrogens (tertiary/aromatic N) is 1. The van der Waals surface area contributed by atoms with Crippen molar-refractivity contribution in [3.63, 3.8) is 0 Å². The maximum atomic E-state index is 12.3. The van der Waals surface area contributed by atoms with Gasteiger partial charge in [-0.15, -0.1) is 0 Å². The van der Waals surface area contributed by atoms with Gasteiger partial charge in [-0.3, -0.25) is 9.69 Å². The van der Waals surface area contributed by atoms with Gasteiger partial charge in [0, 0.05) is 6.54 Å². The van der Waals surface area contributed by atoms with Crippen LogP contribution in [0.5, 0.6) is 5.75 Å². The lowest BCUT2D eigenvalue weighted by Crippen LogP contribution is -2.42. The average Bonchev–Trinajstić information content (AvgIpc) is 2.99. The molecular weight excluding hydrogens is 310 g/mol. The molecule has 0 radical (unpaired) electrons. The topological polar surface area (TPSA) is 65.1 Å². The molecule has 1 aliphatic rings. The van der Waals surface area contributed by atoms with Crippen LogP contribution >= 0.6 is 0 Å². The Morgan fingerprint density at radius 1 is 1.21 bits per heavy atom. The zero-order valence-electron chi connectivity index (χ0n) is 14.7. The SMILES string of the molecule is COC(=O)c1ccc(OCN2CCC[C@H]2C(=O)OC(C)(C)C)cc1. The van der Waals surface area contributed by atoms with Crippen LogP contribution in [-0.2, 0) is 14.3 Å². The smallest absolute Gasteiger partial charge is 0.337 e. The molecule has 2 rings (SSSR count). The van der Waals surface area contributed by atoms with Crippen molar-refractivity contribution >= 4 is 11.9 Å². The maximum Gasteiger partial charge on any atom is 0.337 e. The van der Waals surface area contributed by atoms with Crippen LogP contribution in [0.3, 0.4) is 0 Å². The lowest BCUT2D eigenvalue weighted by atomic mass is 10.1. The van der Waals surface area contributed by atoms with E-state index in [0.717, 1.165) is 19.4 Å². The van der Waals surface area contributed by atoms with E-state index in [2.05, 4.69) is 4.74 Å². The maximum absolute atomic E-state index is 12.3. The van der Waals surface area contributed by atoms with Gasteiger partial charge in [0.15, 0.2) is 0 Å². The van der Waals surface area contributed by atoms with Gasteiger partial charge in [-0.05, 0) is 57.9 Å². The summed E-state index contributed by atoms with van der Waals surface area (Å²) < 4.78 is 15.9. The Kier molecular flexibility index (Phi) is 5.83. The van der Waals surface area contributed by atoms with Crippen LogP contribution in [0.15, 0.2) is 24.3 Å². The average molecular weight is 335 g/mol. The second-order valence-electron chi connectivity index (χ2n) is 6.79. The molecule has 6 heteroatoms. The lowest BCUT2D eigenvalue weighted by Gasteiger charge is -2.27. The molecular formula is C18H25NO5. The van der Waals surface area contributed by atoms with Crippen molar-refractivity contribution in [2.75, 3.05) is 20.4 Å². The number of hydrogen-bond donors (Lipinski definition) is 0. The third-order valence-electron chi connectivity index (χ3n) is 3.71. The lowest BCUT2D eigenvalue weighted by molar-refractivity contribution is -0.161. The van der Waals surface area contributed by atoms with Crippen molar-refractivity contribution in [1.29, 1.82) is 0 Å². The monoisotopic (exact) mass is 335 g/mol. The Balaban J connectivity index is 1.91. The molecule has 0 N–H and O–H groups in total. The Bertz CT molecular complexity index is 576. The molecule has 132 valence electrons. The highest BCUT2D eigenvalue weighted by Crippen LogP contribution is 2.22.